The Hall–Kier alpha value is -2.91. The normalized spacial score (nSPS) is 18.5. The van der Waals surface area contributed by atoms with Crippen molar-refractivity contribution in [2.75, 3.05) is 13.1 Å². The Bertz CT molecular complexity index is 871. The molecule has 0 aliphatic carbocycles. The van der Waals surface area contributed by atoms with E-state index in [0.29, 0.717) is 19.5 Å². The molecule has 1 saturated heterocycles. The Labute approximate surface area is 179 Å². The molecule has 0 spiro atoms. The van der Waals surface area contributed by atoms with Crippen LogP contribution in [0, 0.1) is 5.92 Å². The highest BCUT2D eigenvalue weighted by molar-refractivity contribution is 5.80. The molecule has 1 N–H and O–H groups in total. The summed E-state index contributed by atoms with van der Waals surface area (Å²) in [6, 6.07) is 0. The molecule has 0 saturated carbocycles. The number of nitrogens with zero attached hydrogens (tertiary/aromatic N) is 3. The summed E-state index contributed by atoms with van der Waals surface area (Å²) >= 11 is 0. The number of piperidine rings is 1. The number of hydrogen-bond donors (Lipinski definition) is 1. The predicted molar refractivity (Wildman–Crippen MR) is 108 cm³/mol. The number of rotatable bonds is 7. The van der Waals surface area contributed by atoms with Gasteiger partial charge in [0.2, 0.25) is 23.5 Å². The van der Waals surface area contributed by atoms with Gasteiger partial charge in [-0.25, -0.2) is 0 Å². The molecule has 1 aromatic rings. The lowest BCUT2D eigenvalue weighted by Crippen LogP contribution is -2.44. The molecule has 1 atom stereocenters. The first-order chi connectivity index (χ1) is 14.7. The molecule has 31 heavy (non-hydrogen) atoms. The maximum Gasteiger partial charge on any atom is 0.416 e. The van der Waals surface area contributed by atoms with Crippen LogP contribution in [0.2, 0.25) is 0 Å². The first-order valence-corrected chi connectivity index (χ1v) is 10.1. The second-order valence-electron chi connectivity index (χ2n) is 7.20. The number of allylic oxidation sites excluding steroid dienone is 6. The van der Waals surface area contributed by atoms with E-state index in [1.807, 2.05) is 0 Å². The second kappa shape index (κ2) is 10.9. The fourth-order valence-electron chi connectivity index (χ4n) is 3.24. The summed E-state index contributed by atoms with van der Waals surface area (Å²) in [6.07, 6.45) is 2.22. The van der Waals surface area contributed by atoms with Gasteiger partial charge in [0.25, 0.3) is 0 Å². The van der Waals surface area contributed by atoms with Crippen molar-refractivity contribution in [1.82, 2.24) is 20.4 Å². The first kappa shape index (κ1) is 24.4. The van der Waals surface area contributed by atoms with E-state index in [2.05, 4.69) is 15.5 Å². The second-order valence-corrected chi connectivity index (χ2v) is 7.20. The summed E-state index contributed by atoms with van der Waals surface area (Å²) in [5.41, 5.74) is -0.652. The van der Waals surface area contributed by atoms with E-state index in [1.54, 1.807) is 24.8 Å². The van der Waals surface area contributed by atoms with E-state index >= 15 is 0 Å². The van der Waals surface area contributed by atoms with Crippen LogP contribution in [0.3, 0.4) is 0 Å². The predicted octanol–water partition coefficient (Wildman–Crippen LogP) is 3.80. The van der Waals surface area contributed by atoms with Crippen LogP contribution in [0.15, 0.2) is 34.4 Å². The lowest BCUT2D eigenvalue weighted by Gasteiger charge is -2.31. The van der Waals surface area contributed by atoms with Crippen molar-refractivity contribution in [2.45, 2.75) is 52.8 Å². The Morgan fingerprint density at radius 1 is 1.35 bits per heavy atom. The van der Waals surface area contributed by atoms with Crippen molar-refractivity contribution in [3.8, 4) is 0 Å². The highest BCUT2D eigenvalue weighted by Crippen LogP contribution is 2.30. The smallest absolute Gasteiger partial charge is 0.347 e. The molecule has 0 bridgehead atoms. The highest BCUT2D eigenvalue weighted by Gasteiger charge is 2.32. The third-order valence-corrected chi connectivity index (χ3v) is 4.79. The van der Waals surface area contributed by atoms with Crippen molar-refractivity contribution in [3.05, 3.63) is 41.6 Å². The third kappa shape index (κ3) is 7.08. The summed E-state index contributed by atoms with van der Waals surface area (Å²) in [4.78, 5) is 29.7. The molecule has 2 rings (SSSR count). The standard InChI is InChI=1S/C21H27F3N4O3/c1-4-7-15(11-17(8-5-2)21(22,23)24)19-26-18(31-27-19)12-25-20(30)16-9-6-10-28(13-16)14(3)29/h4,7-8,11,16H,5-6,9-10,12-13H2,1-3H3,(H,25,30)/b7-4-,15-11+,17-8-. The van der Waals surface area contributed by atoms with E-state index in [9.17, 15) is 22.8 Å². The molecule has 7 nitrogen and oxygen atoms in total. The average molecular weight is 440 g/mol. The van der Waals surface area contributed by atoms with Crippen molar-refractivity contribution in [1.29, 1.82) is 0 Å². The SMILES string of the molecule is C\C=C/C(=C\C(=C\CC)C(F)(F)F)c1noc(CNC(=O)C2CCCN(C(C)=O)C2)n1. The maximum atomic E-state index is 13.2. The molecule has 10 heteroatoms. The summed E-state index contributed by atoms with van der Waals surface area (Å²) in [6.45, 7) is 5.69. The Morgan fingerprint density at radius 3 is 2.71 bits per heavy atom. The molecular weight excluding hydrogens is 413 g/mol. The molecule has 1 fully saturated rings. The molecule has 1 aromatic heterocycles. The Balaban J connectivity index is 2.08. The number of hydrogen-bond acceptors (Lipinski definition) is 5. The molecule has 170 valence electrons. The summed E-state index contributed by atoms with van der Waals surface area (Å²) < 4.78 is 44.8. The van der Waals surface area contributed by atoms with Crippen LogP contribution in [-0.4, -0.2) is 46.1 Å². The van der Waals surface area contributed by atoms with Gasteiger partial charge in [-0.05, 0) is 32.3 Å². The van der Waals surface area contributed by atoms with Crippen LogP contribution in [-0.2, 0) is 16.1 Å². The van der Waals surface area contributed by atoms with Gasteiger partial charge in [-0.1, -0.05) is 30.3 Å². The number of carbonyl (C=O) groups excluding carboxylic acids is 2. The van der Waals surface area contributed by atoms with Crippen LogP contribution in [0.5, 0.6) is 0 Å². The number of nitrogens with one attached hydrogen (secondary N) is 1. The zero-order valence-corrected chi connectivity index (χ0v) is 17.8. The van der Waals surface area contributed by atoms with Gasteiger partial charge in [-0.2, -0.15) is 18.2 Å². The molecule has 2 amide bonds. The lowest BCUT2D eigenvalue weighted by atomic mass is 9.97. The van der Waals surface area contributed by atoms with Gasteiger partial charge in [0.1, 0.15) is 0 Å². The maximum absolute atomic E-state index is 13.2. The largest absolute Gasteiger partial charge is 0.416 e. The first-order valence-electron chi connectivity index (χ1n) is 10.1. The molecule has 0 radical (unpaired) electrons. The van der Waals surface area contributed by atoms with E-state index in [4.69, 9.17) is 4.52 Å². The molecular formula is C21H27F3N4O3. The zero-order chi connectivity index (χ0) is 23.0. The number of carbonyl (C=O) groups is 2. The summed E-state index contributed by atoms with van der Waals surface area (Å²) in [7, 11) is 0. The van der Waals surface area contributed by atoms with Crippen LogP contribution >= 0.6 is 0 Å². The quantitative estimate of drug-likeness (QED) is 0.652. The molecule has 1 aliphatic heterocycles. The number of likely N-dealkylation sites (tertiary alicyclic amines) is 1. The van der Waals surface area contributed by atoms with Gasteiger partial charge in [0.05, 0.1) is 18.0 Å². The van der Waals surface area contributed by atoms with E-state index in [1.165, 1.54) is 13.0 Å². The summed E-state index contributed by atoms with van der Waals surface area (Å²) in [5, 5.41) is 6.45. The van der Waals surface area contributed by atoms with Crippen LogP contribution in [0.1, 0.15) is 51.7 Å². The topological polar surface area (TPSA) is 88.3 Å². The van der Waals surface area contributed by atoms with Crippen molar-refractivity contribution in [3.63, 3.8) is 0 Å². The number of aromatic nitrogens is 2. The van der Waals surface area contributed by atoms with Gasteiger partial charge in [0.15, 0.2) is 0 Å². The summed E-state index contributed by atoms with van der Waals surface area (Å²) in [5.74, 6) is -0.565. The van der Waals surface area contributed by atoms with Gasteiger partial charge < -0.3 is 14.7 Å². The number of amides is 2. The van der Waals surface area contributed by atoms with Crippen LogP contribution in [0.4, 0.5) is 13.2 Å². The number of halogens is 3. The van der Waals surface area contributed by atoms with Crippen molar-refractivity contribution >= 4 is 17.4 Å². The fourth-order valence-corrected chi connectivity index (χ4v) is 3.24. The van der Waals surface area contributed by atoms with E-state index in [0.717, 1.165) is 18.6 Å². The van der Waals surface area contributed by atoms with Gasteiger partial charge in [0, 0.05) is 25.6 Å². The van der Waals surface area contributed by atoms with Gasteiger partial charge >= 0.3 is 6.18 Å². The van der Waals surface area contributed by atoms with Crippen molar-refractivity contribution in [2.24, 2.45) is 5.92 Å². The number of alkyl halides is 3. The monoisotopic (exact) mass is 440 g/mol. The molecule has 0 aromatic carbocycles. The minimum absolute atomic E-state index is 0.00553. The minimum atomic E-state index is -4.50. The van der Waals surface area contributed by atoms with E-state index < -0.39 is 11.7 Å². The van der Waals surface area contributed by atoms with Crippen LogP contribution < -0.4 is 5.32 Å². The Kier molecular flexibility index (Phi) is 8.58. The Morgan fingerprint density at radius 2 is 2.10 bits per heavy atom. The lowest BCUT2D eigenvalue weighted by molar-refractivity contribution is -0.134. The highest BCUT2D eigenvalue weighted by atomic mass is 19.4. The third-order valence-electron chi connectivity index (χ3n) is 4.79. The van der Waals surface area contributed by atoms with Gasteiger partial charge in [-0.3, -0.25) is 9.59 Å². The van der Waals surface area contributed by atoms with Crippen LogP contribution in [0.25, 0.3) is 5.57 Å². The van der Waals surface area contributed by atoms with Gasteiger partial charge in [-0.15, -0.1) is 0 Å². The fraction of sp³-hybridized carbons (Fsp3) is 0.524. The molecule has 1 unspecified atom stereocenters. The van der Waals surface area contributed by atoms with E-state index in [-0.39, 0.29) is 48.0 Å². The molecule has 2 heterocycles. The zero-order valence-electron chi connectivity index (χ0n) is 17.8. The minimum Gasteiger partial charge on any atom is -0.347 e. The molecule has 1 aliphatic rings. The average Bonchev–Trinajstić information content (AvgIpc) is 3.19. The van der Waals surface area contributed by atoms with Crippen molar-refractivity contribution < 1.29 is 27.3 Å².